The first-order valence-electron chi connectivity index (χ1n) is 6.71. The third-order valence-corrected chi connectivity index (χ3v) is 4.01. The second-order valence-corrected chi connectivity index (χ2v) is 6.01. The maximum atomic E-state index is 11.9. The Morgan fingerprint density at radius 3 is 3.06 bits per heavy atom. The quantitative estimate of drug-likeness (QED) is 0.904. The van der Waals surface area contributed by atoms with E-state index in [2.05, 4.69) is 21.2 Å². The van der Waals surface area contributed by atoms with E-state index in [1.807, 2.05) is 24.3 Å². The summed E-state index contributed by atoms with van der Waals surface area (Å²) >= 11 is 3.43. The van der Waals surface area contributed by atoms with Crippen LogP contribution in [0.4, 0.5) is 0 Å². The molecule has 0 aliphatic carbocycles. The third-order valence-electron chi connectivity index (χ3n) is 3.52. The molecular formula is C15H20BrNO. The smallest absolute Gasteiger partial charge is 0.137 e. The van der Waals surface area contributed by atoms with Crippen LogP contribution in [0.1, 0.15) is 31.2 Å². The van der Waals surface area contributed by atoms with Gasteiger partial charge in [-0.1, -0.05) is 28.1 Å². The molecule has 0 amide bonds. The van der Waals surface area contributed by atoms with Gasteiger partial charge in [0.25, 0.3) is 0 Å². The molecule has 1 unspecified atom stereocenters. The third kappa shape index (κ3) is 4.54. The molecule has 1 fully saturated rings. The Labute approximate surface area is 117 Å². The topological polar surface area (TPSA) is 29.1 Å². The average Bonchev–Trinajstić information content (AvgIpc) is 2.38. The molecular weight excluding hydrogens is 290 g/mol. The molecule has 1 aliphatic rings. The van der Waals surface area contributed by atoms with E-state index in [9.17, 15) is 4.79 Å². The first-order chi connectivity index (χ1) is 8.74. The summed E-state index contributed by atoms with van der Waals surface area (Å²) in [5.74, 6) is 1.06. The summed E-state index contributed by atoms with van der Waals surface area (Å²) in [4.78, 5) is 11.9. The fraction of sp³-hybridized carbons (Fsp3) is 0.533. The van der Waals surface area contributed by atoms with Crippen LogP contribution in [0, 0.1) is 5.92 Å². The highest BCUT2D eigenvalue weighted by molar-refractivity contribution is 9.10. The van der Waals surface area contributed by atoms with Crippen molar-refractivity contribution in [3.05, 3.63) is 34.3 Å². The molecule has 1 heterocycles. The lowest BCUT2D eigenvalue weighted by Gasteiger charge is -2.22. The summed E-state index contributed by atoms with van der Waals surface area (Å²) in [5, 5.41) is 3.40. The van der Waals surface area contributed by atoms with Crippen LogP contribution in [-0.2, 0) is 11.2 Å². The molecule has 0 bridgehead atoms. The van der Waals surface area contributed by atoms with Crippen molar-refractivity contribution in [2.75, 3.05) is 13.1 Å². The largest absolute Gasteiger partial charge is 0.316 e. The van der Waals surface area contributed by atoms with E-state index in [0.717, 1.165) is 36.0 Å². The van der Waals surface area contributed by atoms with E-state index < -0.39 is 0 Å². The standard InChI is InChI=1S/C15H20BrNO/c16-14-5-1-3-13(9-14)10-15(18)7-6-12-4-2-8-17-11-12/h1,3,5,9,12,17H,2,4,6-8,10-11H2. The van der Waals surface area contributed by atoms with Gasteiger partial charge < -0.3 is 5.32 Å². The molecule has 0 saturated carbocycles. The normalized spacial score (nSPS) is 19.7. The van der Waals surface area contributed by atoms with E-state index in [4.69, 9.17) is 0 Å². The molecule has 1 saturated heterocycles. The van der Waals surface area contributed by atoms with Gasteiger partial charge in [0.1, 0.15) is 5.78 Å². The van der Waals surface area contributed by atoms with Crippen LogP contribution in [0.15, 0.2) is 28.7 Å². The molecule has 1 N–H and O–H groups in total. The van der Waals surface area contributed by atoms with Gasteiger partial charge in [0, 0.05) is 17.3 Å². The maximum absolute atomic E-state index is 11.9. The highest BCUT2D eigenvalue weighted by atomic mass is 79.9. The summed E-state index contributed by atoms with van der Waals surface area (Å²) in [5.41, 5.74) is 1.11. The number of rotatable bonds is 5. The number of hydrogen-bond donors (Lipinski definition) is 1. The fourth-order valence-corrected chi connectivity index (χ4v) is 2.95. The number of piperidine rings is 1. The Kier molecular flexibility index (Phi) is 5.39. The van der Waals surface area contributed by atoms with Crippen molar-refractivity contribution in [3.8, 4) is 0 Å². The summed E-state index contributed by atoms with van der Waals surface area (Å²) in [7, 11) is 0. The van der Waals surface area contributed by atoms with Crippen LogP contribution in [0.3, 0.4) is 0 Å². The minimum atomic E-state index is 0.360. The van der Waals surface area contributed by atoms with Gasteiger partial charge in [-0.2, -0.15) is 0 Å². The zero-order valence-electron chi connectivity index (χ0n) is 10.6. The molecule has 3 heteroatoms. The van der Waals surface area contributed by atoms with Crippen LogP contribution in [0.25, 0.3) is 0 Å². The summed E-state index contributed by atoms with van der Waals surface area (Å²) < 4.78 is 1.05. The van der Waals surface area contributed by atoms with Gasteiger partial charge in [-0.15, -0.1) is 0 Å². The highest BCUT2D eigenvalue weighted by Crippen LogP contribution is 2.17. The summed E-state index contributed by atoms with van der Waals surface area (Å²) in [6.07, 6.45) is 4.86. The van der Waals surface area contributed by atoms with E-state index in [1.54, 1.807) is 0 Å². The molecule has 2 rings (SSSR count). The first-order valence-corrected chi connectivity index (χ1v) is 7.50. The lowest BCUT2D eigenvalue weighted by molar-refractivity contribution is -0.118. The van der Waals surface area contributed by atoms with E-state index in [1.165, 1.54) is 12.8 Å². The van der Waals surface area contributed by atoms with Gasteiger partial charge in [0.2, 0.25) is 0 Å². The molecule has 98 valence electrons. The lowest BCUT2D eigenvalue weighted by atomic mass is 9.92. The van der Waals surface area contributed by atoms with Gasteiger partial charge in [-0.3, -0.25) is 4.79 Å². The first kappa shape index (κ1) is 13.8. The number of ketones is 1. The fourth-order valence-electron chi connectivity index (χ4n) is 2.50. The summed E-state index contributed by atoms with van der Waals surface area (Å²) in [6, 6.07) is 8.02. The van der Waals surface area contributed by atoms with Crippen molar-refractivity contribution < 1.29 is 4.79 Å². The van der Waals surface area contributed by atoms with Crippen molar-refractivity contribution in [2.24, 2.45) is 5.92 Å². The molecule has 1 aromatic carbocycles. The second kappa shape index (κ2) is 7.05. The molecule has 0 aromatic heterocycles. The van der Waals surface area contributed by atoms with Gasteiger partial charge in [0.15, 0.2) is 0 Å². The lowest BCUT2D eigenvalue weighted by Crippen LogP contribution is -2.30. The van der Waals surface area contributed by atoms with Gasteiger partial charge in [0.05, 0.1) is 0 Å². The SMILES string of the molecule is O=C(CCC1CCCNC1)Cc1cccc(Br)c1. The Bertz CT molecular complexity index is 399. The van der Waals surface area contributed by atoms with Gasteiger partial charge >= 0.3 is 0 Å². The van der Waals surface area contributed by atoms with Crippen LogP contribution >= 0.6 is 15.9 Å². The minimum Gasteiger partial charge on any atom is -0.316 e. The average molecular weight is 310 g/mol. The number of hydrogen-bond acceptors (Lipinski definition) is 2. The Balaban J connectivity index is 1.74. The van der Waals surface area contributed by atoms with E-state index >= 15 is 0 Å². The molecule has 0 radical (unpaired) electrons. The monoisotopic (exact) mass is 309 g/mol. The minimum absolute atomic E-state index is 0.360. The van der Waals surface area contributed by atoms with Crippen LogP contribution in [0.5, 0.6) is 0 Å². The number of carbonyl (C=O) groups is 1. The molecule has 0 spiro atoms. The van der Waals surface area contributed by atoms with Crippen molar-refractivity contribution >= 4 is 21.7 Å². The van der Waals surface area contributed by atoms with Crippen LogP contribution in [-0.4, -0.2) is 18.9 Å². The second-order valence-electron chi connectivity index (χ2n) is 5.10. The highest BCUT2D eigenvalue weighted by Gasteiger charge is 2.14. The molecule has 1 aromatic rings. The maximum Gasteiger partial charge on any atom is 0.137 e. The van der Waals surface area contributed by atoms with Crippen molar-refractivity contribution in [2.45, 2.75) is 32.1 Å². The number of nitrogens with one attached hydrogen (secondary N) is 1. The van der Waals surface area contributed by atoms with Gasteiger partial charge in [-0.25, -0.2) is 0 Å². The Morgan fingerprint density at radius 1 is 1.44 bits per heavy atom. The van der Waals surface area contributed by atoms with Crippen molar-refractivity contribution in [1.82, 2.24) is 5.32 Å². The Hall–Kier alpha value is -0.670. The van der Waals surface area contributed by atoms with Crippen LogP contribution < -0.4 is 5.32 Å². The van der Waals surface area contributed by atoms with E-state index in [-0.39, 0.29) is 0 Å². The zero-order chi connectivity index (χ0) is 12.8. The zero-order valence-corrected chi connectivity index (χ0v) is 12.2. The summed E-state index contributed by atoms with van der Waals surface area (Å²) in [6.45, 7) is 2.23. The number of Topliss-reactive ketones (excluding diaryl/α,β-unsaturated/α-hetero) is 1. The predicted molar refractivity (Wildman–Crippen MR) is 77.7 cm³/mol. The predicted octanol–water partition coefficient (Wildman–Crippen LogP) is 3.34. The molecule has 18 heavy (non-hydrogen) atoms. The van der Waals surface area contributed by atoms with Crippen LogP contribution in [0.2, 0.25) is 0 Å². The number of carbonyl (C=O) groups excluding carboxylic acids is 1. The Morgan fingerprint density at radius 2 is 2.33 bits per heavy atom. The number of halogens is 1. The van der Waals surface area contributed by atoms with Gasteiger partial charge in [-0.05, 0) is 56.0 Å². The van der Waals surface area contributed by atoms with Crippen molar-refractivity contribution in [1.29, 1.82) is 0 Å². The van der Waals surface area contributed by atoms with E-state index in [0.29, 0.717) is 18.1 Å². The number of benzene rings is 1. The molecule has 1 aliphatic heterocycles. The molecule has 1 atom stereocenters. The van der Waals surface area contributed by atoms with Crippen molar-refractivity contribution in [3.63, 3.8) is 0 Å². The molecule has 2 nitrogen and oxygen atoms in total.